The van der Waals surface area contributed by atoms with E-state index < -0.39 is 0 Å². The molecule has 4 rings (SSSR count). The van der Waals surface area contributed by atoms with E-state index >= 15 is 0 Å². The van der Waals surface area contributed by atoms with Crippen LogP contribution >= 0.6 is 34.6 Å². The van der Waals surface area contributed by atoms with Crippen LogP contribution in [0.4, 0.5) is 16.8 Å². The van der Waals surface area contributed by atoms with Gasteiger partial charge in [-0.15, -0.1) is 30.6 Å². The van der Waals surface area contributed by atoms with Crippen molar-refractivity contribution < 1.29 is 0 Å². The maximum absolute atomic E-state index is 4.29. The van der Waals surface area contributed by atoms with Crippen LogP contribution in [0.2, 0.25) is 0 Å². The highest BCUT2D eigenvalue weighted by Crippen LogP contribution is 2.30. The molecule has 20 heavy (non-hydrogen) atoms. The summed E-state index contributed by atoms with van der Waals surface area (Å²) in [6.45, 7) is 0. The van der Waals surface area contributed by atoms with Gasteiger partial charge in [-0.1, -0.05) is 15.8 Å². The van der Waals surface area contributed by atoms with Crippen LogP contribution in [-0.4, -0.2) is 34.9 Å². The summed E-state index contributed by atoms with van der Waals surface area (Å²) in [4.78, 5) is 0. The molecule has 10 nitrogen and oxygen atoms in total. The predicted octanol–water partition coefficient (Wildman–Crippen LogP) is 0.848. The van der Waals surface area contributed by atoms with Gasteiger partial charge in [0.2, 0.25) is 10.9 Å². The summed E-state index contributed by atoms with van der Waals surface area (Å²) in [6, 6.07) is 0. The molecule has 0 amide bonds. The van der Waals surface area contributed by atoms with Gasteiger partial charge in [0.05, 0.1) is 23.3 Å². The zero-order valence-corrected chi connectivity index (χ0v) is 12.0. The summed E-state index contributed by atoms with van der Waals surface area (Å²) >= 11 is 3.73. The second-order valence-electron chi connectivity index (χ2n) is 3.40. The standard InChI is InChI=1S/C7H4N10S3/c1-5(13-20-10-1)16-9-3-15(6-2-19-14-11-6)17(16)7-12-8-4-18-7/h1-4H. The minimum absolute atomic E-state index is 0.590. The van der Waals surface area contributed by atoms with E-state index in [1.165, 1.54) is 22.9 Å². The van der Waals surface area contributed by atoms with Crippen LogP contribution in [0, 0.1) is 0 Å². The van der Waals surface area contributed by atoms with Crippen molar-refractivity contribution in [3.63, 3.8) is 0 Å². The summed E-state index contributed by atoms with van der Waals surface area (Å²) in [5.41, 5.74) is 1.64. The first kappa shape index (κ1) is 11.6. The van der Waals surface area contributed by atoms with E-state index in [-0.39, 0.29) is 0 Å². The summed E-state index contributed by atoms with van der Waals surface area (Å²) in [7, 11) is 0. The van der Waals surface area contributed by atoms with Gasteiger partial charge in [-0.05, 0) is 11.5 Å². The molecule has 3 aromatic rings. The maximum atomic E-state index is 4.29. The molecule has 0 fully saturated rings. The van der Waals surface area contributed by atoms with Gasteiger partial charge in [-0.2, -0.15) is 13.8 Å². The Bertz CT molecular complexity index is 647. The van der Waals surface area contributed by atoms with Crippen LogP contribution < -0.4 is 15.2 Å². The maximum Gasteiger partial charge on any atom is 0.249 e. The SMILES string of the molecule is C1=NN(c2cnsn2)N(c2nncs2)N1c1csnn1. The van der Waals surface area contributed by atoms with Crippen LogP contribution in [0.5, 0.6) is 0 Å². The fraction of sp³-hybridized carbons (Fsp3) is 0. The Morgan fingerprint density at radius 1 is 1.15 bits per heavy atom. The van der Waals surface area contributed by atoms with Gasteiger partial charge < -0.3 is 0 Å². The molecule has 0 aromatic carbocycles. The number of aromatic nitrogens is 6. The molecule has 100 valence electrons. The first-order chi connectivity index (χ1) is 9.93. The van der Waals surface area contributed by atoms with Gasteiger partial charge in [-0.25, -0.2) is 0 Å². The average molecular weight is 324 g/mol. The summed E-state index contributed by atoms with van der Waals surface area (Å²) in [5, 5.41) is 23.7. The highest BCUT2D eigenvalue weighted by molar-refractivity contribution is 7.13. The van der Waals surface area contributed by atoms with Gasteiger partial charge in [-0.3, -0.25) is 0 Å². The molecule has 13 heteroatoms. The fourth-order valence-electron chi connectivity index (χ4n) is 1.53. The zero-order valence-electron chi connectivity index (χ0n) is 9.51. The van der Waals surface area contributed by atoms with E-state index in [1.807, 2.05) is 5.38 Å². The van der Waals surface area contributed by atoms with Crippen LogP contribution in [-0.2, 0) is 0 Å². The first-order valence-corrected chi connectivity index (χ1v) is 7.62. The number of hydrazine groups is 2. The van der Waals surface area contributed by atoms with E-state index in [0.717, 1.165) is 11.7 Å². The largest absolute Gasteiger partial charge is 0.249 e. The minimum Gasteiger partial charge on any atom is -0.197 e. The van der Waals surface area contributed by atoms with Crippen molar-refractivity contribution in [1.82, 2.24) is 28.5 Å². The fourth-order valence-corrected chi connectivity index (χ4v) is 2.90. The summed E-state index contributed by atoms with van der Waals surface area (Å²) < 4.78 is 12.0. The quantitative estimate of drug-likeness (QED) is 0.694. The number of nitrogens with zero attached hydrogens (tertiary/aromatic N) is 10. The lowest BCUT2D eigenvalue weighted by atomic mass is 10.7. The zero-order chi connectivity index (χ0) is 13.4. The molecule has 4 heterocycles. The Morgan fingerprint density at radius 3 is 2.85 bits per heavy atom. The molecule has 3 aromatic heterocycles. The molecular formula is C7H4N10S3. The normalized spacial score (nSPS) is 14.5. The lowest BCUT2D eigenvalue weighted by molar-refractivity contribution is 0.787. The Balaban J connectivity index is 1.77. The minimum atomic E-state index is 0.590. The molecule has 1 aliphatic rings. The van der Waals surface area contributed by atoms with Crippen molar-refractivity contribution in [1.29, 1.82) is 0 Å². The highest BCUT2D eigenvalue weighted by atomic mass is 32.1. The summed E-state index contributed by atoms with van der Waals surface area (Å²) in [6.07, 6.45) is 3.23. The van der Waals surface area contributed by atoms with Gasteiger partial charge in [0, 0.05) is 0 Å². The number of hydrogen-bond acceptors (Lipinski definition) is 13. The van der Waals surface area contributed by atoms with Crippen molar-refractivity contribution in [2.75, 3.05) is 15.2 Å². The molecule has 0 atom stereocenters. The molecule has 0 bridgehead atoms. The third-order valence-electron chi connectivity index (χ3n) is 2.31. The van der Waals surface area contributed by atoms with E-state index in [1.54, 1.807) is 33.3 Å². The number of hydrazone groups is 1. The molecule has 0 aliphatic carbocycles. The Labute approximate surface area is 124 Å². The summed E-state index contributed by atoms with van der Waals surface area (Å²) in [5.74, 6) is 1.23. The predicted molar refractivity (Wildman–Crippen MR) is 75.7 cm³/mol. The molecular weight excluding hydrogens is 320 g/mol. The van der Waals surface area contributed by atoms with Gasteiger partial charge in [0.15, 0.2) is 5.82 Å². The van der Waals surface area contributed by atoms with Crippen molar-refractivity contribution in [2.45, 2.75) is 0 Å². The van der Waals surface area contributed by atoms with E-state index in [2.05, 4.69) is 33.6 Å². The van der Waals surface area contributed by atoms with Crippen molar-refractivity contribution in [3.8, 4) is 0 Å². The monoisotopic (exact) mass is 324 g/mol. The number of rotatable bonds is 3. The van der Waals surface area contributed by atoms with Crippen molar-refractivity contribution in [2.24, 2.45) is 5.10 Å². The molecule has 0 spiro atoms. The van der Waals surface area contributed by atoms with E-state index in [9.17, 15) is 0 Å². The average Bonchev–Trinajstić information content (AvgIpc) is 3.23. The molecule has 0 unspecified atom stereocenters. The second kappa shape index (κ2) is 4.69. The van der Waals surface area contributed by atoms with Gasteiger partial charge in [0.25, 0.3) is 0 Å². The van der Waals surface area contributed by atoms with Crippen LogP contribution in [0.1, 0.15) is 0 Å². The van der Waals surface area contributed by atoms with Crippen molar-refractivity contribution in [3.05, 3.63) is 17.1 Å². The molecule has 0 saturated heterocycles. The first-order valence-electron chi connectivity index (χ1n) is 5.18. The molecule has 0 N–H and O–H groups in total. The highest BCUT2D eigenvalue weighted by Gasteiger charge is 2.33. The molecule has 0 saturated carbocycles. The van der Waals surface area contributed by atoms with E-state index in [4.69, 9.17) is 0 Å². The van der Waals surface area contributed by atoms with Crippen LogP contribution in [0.3, 0.4) is 0 Å². The molecule has 1 aliphatic heterocycles. The lowest BCUT2D eigenvalue weighted by Crippen LogP contribution is -2.46. The third kappa shape index (κ3) is 1.79. The smallest absolute Gasteiger partial charge is 0.197 e. The van der Waals surface area contributed by atoms with Crippen LogP contribution in [0.15, 0.2) is 22.2 Å². The Kier molecular flexibility index (Phi) is 2.71. The van der Waals surface area contributed by atoms with Gasteiger partial charge in [0.1, 0.15) is 11.8 Å². The number of hydrogen-bond donors (Lipinski definition) is 0. The Hall–Kier alpha value is -2.25. The topological polar surface area (TPSA) is 99.4 Å². The van der Waals surface area contributed by atoms with Crippen LogP contribution in [0.25, 0.3) is 0 Å². The second-order valence-corrected chi connectivity index (χ2v) is 5.38. The Morgan fingerprint density at radius 2 is 2.15 bits per heavy atom. The van der Waals surface area contributed by atoms with Gasteiger partial charge >= 0.3 is 0 Å². The molecule has 0 radical (unpaired) electrons. The van der Waals surface area contributed by atoms with Crippen molar-refractivity contribution >= 4 is 57.7 Å². The third-order valence-corrected chi connectivity index (χ3v) is 3.93. The number of anilines is 3. The lowest BCUT2D eigenvalue weighted by Gasteiger charge is -2.28. The van der Waals surface area contributed by atoms with E-state index in [0.29, 0.717) is 16.8 Å².